The molecule has 3 rings (SSSR count). The monoisotopic (exact) mass is 297 g/mol. The van der Waals surface area contributed by atoms with Gasteiger partial charge in [0.15, 0.2) is 0 Å². The smallest absolute Gasteiger partial charge is 0.321 e. The van der Waals surface area contributed by atoms with Crippen molar-refractivity contribution in [2.75, 3.05) is 5.32 Å². The summed E-state index contributed by atoms with van der Waals surface area (Å²) >= 11 is 1.48. The molecular weight excluding hydrogens is 286 g/mol. The number of benzene rings is 1. The van der Waals surface area contributed by atoms with E-state index in [1.165, 1.54) is 11.3 Å². The van der Waals surface area contributed by atoms with Crippen molar-refractivity contribution < 1.29 is 4.79 Å². The molecule has 0 saturated carbocycles. The molecule has 2 heterocycles. The molecule has 21 heavy (non-hydrogen) atoms. The van der Waals surface area contributed by atoms with E-state index in [0.29, 0.717) is 11.4 Å². The molecule has 0 radical (unpaired) electrons. The van der Waals surface area contributed by atoms with Gasteiger partial charge < -0.3 is 10.3 Å². The minimum absolute atomic E-state index is 0.0889. The molecule has 0 spiro atoms. The summed E-state index contributed by atoms with van der Waals surface area (Å²) in [5.41, 5.74) is 0.788. The molecule has 0 atom stereocenters. The van der Waals surface area contributed by atoms with E-state index in [1.54, 1.807) is 18.2 Å². The summed E-state index contributed by atoms with van der Waals surface area (Å²) in [7, 11) is 0. The van der Waals surface area contributed by atoms with E-state index < -0.39 is 11.6 Å². The molecule has 0 bridgehead atoms. The number of hydrogen-bond donors (Lipinski definition) is 2. The Kier molecular flexibility index (Phi) is 3.61. The number of amides is 1. The van der Waals surface area contributed by atoms with E-state index in [9.17, 15) is 9.59 Å². The third-order valence-electron chi connectivity index (χ3n) is 2.80. The third kappa shape index (κ3) is 3.06. The van der Waals surface area contributed by atoms with Crippen LogP contribution >= 0.6 is 11.3 Å². The van der Waals surface area contributed by atoms with Gasteiger partial charge in [-0.3, -0.25) is 4.79 Å². The molecule has 0 aliphatic carbocycles. The van der Waals surface area contributed by atoms with Crippen LogP contribution in [0, 0.1) is 0 Å². The number of hydrogen-bond acceptors (Lipinski definition) is 4. The number of carbonyl (C=O) groups is 1. The van der Waals surface area contributed by atoms with Gasteiger partial charge in [-0.2, -0.15) is 4.98 Å². The number of aromatic amines is 1. The number of anilines is 1. The van der Waals surface area contributed by atoms with Crippen molar-refractivity contribution in [1.29, 1.82) is 0 Å². The van der Waals surface area contributed by atoms with Gasteiger partial charge in [0, 0.05) is 5.69 Å². The Bertz CT molecular complexity index is 810. The lowest BCUT2D eigenvalue weighted by Crippen LogP contribution is -2.20. The van der Waals surface area contributed by atoms with E-state index in [-0.39, 0.29) is 5.69 Å². The average molecular weight is 297 g/mol. The number of rotatable bonds is 3. The molecule has 104 valence electrons. The normalized spacial score (nSPS) is 10.3. The Morgan fingerprint density at radius 3 is 2.67 bits per heavy atom. The molecule has 0 saturated heterocycles. The van der Waals surface area contributed by atoms with Crippen LogP contribution in [0.1, 0.15) is 10.5 Å². The number of para-hydroxylation sites is 1. The van der Waals surface area contributed by atoms with Gasteiger partial charge in [-0.1, -0.05) is 24.3 Å². The zero-order valence-electron chi connectivity index (χ0n) is 10.9. The van der Waals surface area contributed by atoms with Crippen LogP contribution in [0.2, 0.25) is 0 Å². The minimum atomic E-state index is -0.542. The quantitative estimate of drug-likeness (QED) is 0.780. The van der Waals surface area contributed by atoms with Gasteiger partial charge in [-0.15, -0.1) is 11.3 Å². The highest BCUT2D eigenvalue weighted by Crippen LogP contribution is 2.21. The summed E-state index contributed by atoms with van der Waals surface area (Å²) in [5.74, 6) is -0.412. The molecule has 2 N–H and O–H groups in total. The van der Waals surface area contributed by atoms with Crippen LogP contribution in [0.3, 0.4) is 0 Å². The molecule has 2 aromatic heterocycles. The summed E-state index contributed by atoms with van der Waals surface area (Å²) in [6.45, 7) is 0. The third-order valence-corrected chi connectivity index (χ3v) is 3.70. The van der Waals surface area contributed by atoms with Crippen molar-refractivity contribution >= 4 is 22.9 Å². The Hall–Kier alpha value is -2.73. The second-order valence-electron chi connectivity index (χ2n) is 4.28. The molecule has 5 nitrogen and oxygen atoms in total. The van der Waals surface area contributed by atoms with Crippen LogP contribution in [0.15, 0.2) is 58.7 Å². The lowest BCUT2D eigenvalue weighted by Gasteiger charge is -2.05. The number of H-pyrrole nitrogens is 1. The first kappa shape index (κ1) is 13.3. The highest BCUT2D eigenvalue weighted by molar-refractivity contribution is 7.13. The lowest BCUT2D eigenvalue weighted by molar-refractivity contribution is 0.102. The fraction of sp³-hybridized carbons (Fsp3) is 0. The van der Waals surface area contributed by atoms with Crippen molar-refractivity contribution in [3.8, 4) is 10.6 Å². The molecule has 0 aliphatic rings. The number of nitrogens with zero attached hydrogens (tertiary/aromatic N) is 1. The van der Waals surface area contributed by atoms with Crippen molar-refractivity contribution in [3.05, 3.63) is 70.1 Å². The minimum Gasteiger partial charge on any atom is -0.321 e. The maximum absolute atomic E-state index is 12.2. The highest BCUT2D eigenvalue weighted by atomic mass is 32.1. The fourth-order valence-electron chi connectivity index (χ4n) is 1.86. The van der Waals surface area contributed by atoms with Gasteiger partial charge in [0.25, 0.3) is 5.91 Å². The van der Waals surface area contributed by atoms with Crippen LogP contribution in [0.25, 0.3) is 10.6 Å². The Morgan fingerprint density at radius 1 is 1.14 bits per heavy atom. The Morgan fingerprint density at radius 2 is 1.95 bits per heavy atom. The van der Waals surface area contributed by atoms with Crippen LogP contribution < -0.4 is 11.0 Å². The van der Waals surface area contributed by atoms with E-state index in [4.69, 9.17) is 0 Å². The van der Waals surface area contributed by atoms with Crippen molar-refractivity contribution in [1.82, 2.24) is 9.97 Å². The predicted molar refractivity (Wildman–Crippen MR) is 82.6 cm³/mol. The van der Waals surface area contributed by atoms with Gasteiger partial charge >= 0.3 is 5.69 Å². The summed E-state index contributed by atoms with van der Waals surface area (Å²) in [6.07, 6.45) is 0. The van der Waals surface area contributed by atoms with E-state index in [2.05, 4.69) is 15.3 Å². The van der Waals surface area contributed by atoms with E-state index in [0.717, 1.165) is 4.88 Å². The van der Waals surface area contributed by atoms with Crippen molar-refractivity contribution in [2.24, 2.45) is 0 Å². The van der Waals surface area contributed by atoms with E-state index in [1.807, 2.05) is 35.7 Å². The first-order valence-corrected chi connectivity index (χ1v) is 7.12. The first-order chi connectivity index (χ1) is 10.2. The summed E-state index contributed by atoms with van der Waals surface area (Å²) in [6, 6.07) is 14.4. The van der Waals surface area contributed by atoms with Crippen LogP contribution in [0.5, 0.6) is 0 Å². The van der Waals surface area contributed by atoms with Crippen molar-refractivity contribution in [3.63, 3.8) is 0 Å². The van der Waals surface area contributed by atoms with Crippen LogP contribution in [0.4, 0.5) is 5.69 Å². The van der Waals surface area contributed by atoms with Crippen LogP contribution in [-0.2, 0) is 0 Å². The van der Waals surface area contributed by atoms with Gasteiger partial charge in [-0.25, -0.2) is 4.79 Å². The molecule has 0 aliphatic heterocycles. The largest absolute Gasteiger partial charge is 0.346 e. The fourth-order valence-corrected chi connectivity index (χ4v) is 2.55. The Labute approximate surface area is 124 Å². The van der Waals surface area contributed by atoms with Crippen molar-refractivity contribution in [2.45, 2.75) is 0 Å². The SMILES string of the molecule is O=C(Nc1ccccc1)c1cc(-c2cccs2)[nH]c(=O)n1. The standard InChI is InChI=1S/C15H11N3O2S/c19-14(16-10-5-2-1-3-6-10)12-9-11(17-15(20)18-12)13-7-4-8-21-13/h1-9H,(H,16,19)(H,17,18,20). The number of nitrogens with one attached hydrogen (secondary N) is 2. The maximum Gasteiger partial charge on any atom is 0.346 e. The number of thiophene rings is 1. The molecule has 1 aromatic carbocycles. The average Bonchev–Trinajstić information content (AvgIpc) is 3.02. The summed E-state index contributed by atoms with van der Waals surface area (Å²) < 4.78 is 0. The van der Waals surface area contributed by atoms with Gasteiger partial charge in [-0.05, 0) is 29.6 Å². The number of carbonyl (C=O) groups excluding carboxylic acids is 1. The Balaban J connectivity index is 1.92. The summed E-state index contributed by atoms with van der Waals surface area (Å²) in [5, 5.41) is 4.61. The maximum atomic E-state index is 12.2. The zero-order valence-corrected chi connectivity index (χ0v) is 11.7. The lowest BCUT2D eigenvalue weighted by atomic mass is 10.2. The number of aromatic nitrogens is 2. The second-order valence-corrected chi connectivity index (χ2v) is 5.23. The van der Waals surface area contributed by atoms with Crippen LogP contribution in [-0.4, -0.2) is 15.9 Å². The molecule has 1 amide bonds. The predicted octanol–water partition coefficient (Wildman–Crippen LogP) is 2.75. The second kappa shape index (κ2) is 5.72. The van der Waals surface area contributed by atoms with Gasteiger partial charge in [0.1, 0.15) is 5.69 Å². The molecule has 6 heteroatoms. The van der Waals surface area contributed by atoms with E-state index >= 15 is 0 Å². The zero-order chi connectivity index (χ0) is 14.7. The first-order valence-electron chi connectivity index (χ1n) is 6.24. The molecule has 0 unspecified atom stereocenters. The molecule has 3 aromatic rings. The van der Waals surface area contributed by atoms with Gasteiger partial charge in [0.2, 0.25) is 0 Å². The topological polar surface area (TPSA) is 74.8 Å². The highest BCUT2D eigenvalue weighted by Gasteiger charge is 2.11. The van der Waals surface area contributed by atoms with Gasteiger partial charge in [0.05, 0.1) is 10.6 Å². The molecule has 0 fully saturated rings. The summed E-state index contributed by atoms with van der Waals surface area (Å²) in [4.78, 5) is 31.0. The molecular formula is C15H11N3O2S.